The summed E-state index contributed by atoms with van der Waals surface area (Å²) in [6.45, 7) is 0. The molecule has 0 radical (unpaired) electrons. The molecule has 0 spiro atoms. The number of ether oxygens (including phenoxy) is 1. The number of halogens is 1. The van der Waals surface area contributed by atoms with Gasteiger partial charge in [0.15, 0.2) is 0 Å². The molecular formula is C15H13FN2O2S. The number of benzene rings is 2. The summed E-state index contributed by atoms with van der Waals surface area (Å²) in [6.07, 6.45) is 0. The fourth-order valence-electron chi connectivity index (χ4n) is 1.86. The Morgan fingerprint density at radius 1 is 1.19 bits per heavy atom. The standard InChI is InChI=1S/C15H13FN2O2S/c1-20-12-8-4-6-10(14(17)21)13(12)18-15(19)9-5-2-3-7-11(9)16/h2-8H,1H3,(H2,17,21)(H,18,19). The van der Waals surface area contributed by atoms with Crippen LogP contribution in [-0.2, 0) is 0 Å². The molecule has 0 unspecified atom stereocenters. The lowest BCUT2D eigenvalue weighted by molar-refractivity contribution is 0.102. The molecular weight excluding hydrogens is 291 g/mol. The molecule has 2 aromatic carbocycles. The van der Waals surface area contributed by atoms with Gasteiger partial charge in [-0.15, -0.1) is 0 Å². The Bertz CT molecular complexity index is 704. The number of hydrogen-bond acceptors (Lipinski definition) is 3. The van der Waals surface area contributed by atoms with Crippen LogP contribution in [0.25, 0.3) is 0 Å². The summed E-state index contributed by atoms with van der Waals surface area (Å²) in [6, 6.07) is 10.7. The molecule has 2 rings (SSSR count). The van der Waals surface area contributed by atoms with Crippen LogP contribution in [0.2, 0.25) is 0 Å². The Hall–Kier alpha value is -2.47. The normalized spacial score (nSPS) is 10.0. The van der Waals surface area contributed by atoms with Crippen molar-refractivity contribution < 1.29 is 13.9 Å². The molecule has 4 nitrogen and oxygen atoms in total. The summed E-state index contributed by atoms with van der Waals surface area (Å²) in [5, 5.41) is 2.60. The highest BCUT2D eigenvalue weighted by atomic mass is 32.1. The maximum atomic E-state index is 13.6. The van der Waals surface area contributed by atoms with Crippen molar-refractivity contribution in [2.24, 2.45) is 5.73 Å². The molecule has 0 saturated carbocycles. The first kappa shape index (κ1) is 14.9. The van der Waals surface area contributed by atoms with Gasteiger partial charge in [-0.05, 0) is 24.3 Å². The minimum absolute atomic E-state index is 0.0719. The Labute approximate surface area is 126 Å². The largest absolute Gasteiger partial charge is 0.495 e. The molecule has 6 heteroatoms. The van der Waals surface area contributed by atoms with Gasteiger partial charge in [-0.3, -0.25) is 4.79 Å². The SMILES string of the molecule is COc1cccc(C(N)=S)c1NC(=O)c1ccccc1F. The maximum Gasteiger partial charge on any atom is 0.258 e. The van der Waals surface area contributed by atoms with Crippen molar-refractivity contribution >= 4 is 28.8 Å². The van der Waals surface area contributed by atoms with Crippen molar-refractivity contribution in [1.82, 2.24) is 0 Å². The highest BCUT2D eigenvalue weighted by molar-refractivity contribution is 7.80. The minimum atomic E-state index is -0.609. The number of carbonyl (C=O) groups excluding carboxylic acids is 1. The smallest absolute Gasteiger partial charge is 0.258 e. The number of thiocarbonyl (C=S) groups is 1. The van der Waals surface area contributed by atoms with Crippen molar-refractivity contribution in [2.75, 3.05) is 12.4 Å². The van der Waals surface area contributed by atoms with Crippen molar-refractivity contribution in [3.05, 3.63) is 59.4 Å². The van der Waals surface area contributed by atoms with Crippen molar-refractivity contribution in [3.63, 3.8) is 0 Å². The predicted molar refractivity (Wildman–Crippen MR) is 83.2 cm³/mol. The van der Waals surface area contributed by atoms with E-state index < -0.39 is 11.7 Å². The Morgan fingerprint density at radius 3 is 2.48 bits per heavy atom. The molecule has 0 aliphatic carbocycles. The number of methoxy groups -OCH3 is 1. The number of hydrogen-bond donors (Lipinski definition) is 2. The average molecular weight is 304 g/mol. The van der Waals surface area contributed by atoms with Crippen LogP contribution in [-0.4, -0.2) is 18.0 Å². The number of nitrogens with two attached hydrogens (primary N) is 1. The zero-order chi connectivity index (χ0) is 15.4. The second-order valence-corrected chi connectivity index (χ2v) is 4.62. The third kappa shape index (κ3) is 3.17. The first-order valence-electron chi connectivity index (χ1n) is 6.07. The number of para-hydroxylation sites is 1. The molecule has 1 amide bonds. The van der Waals surface area contributed by atoms with Crippen LogP contribution in [0.15, 0.2) is 42.5 Å². The lowest BCUT2D eigenvalue weighted by Gasteiger charge is -2.14. The van der Waals surface area contributed by atoms with Gasteiger partial charge in [-0.1, -0.05) is 30.4 Å². The van der Waals surface area contributed by atoms with E-state index in [9.17, 15) is 9.18 Å². The molecule has 108 valence electrons. The van der Waals surface area contributed by atoms with Crippen LogP contribution in [0.3, 0.4) is 0 Å². The number of rotatable bonds is 4. The second-order valence-electron chi connectivity index (χ2n) is 4.18. The van der Waals surface area contributed by atoms with Gasteiger partial charge in [0.25, 0.3) is 5.91 Å². The summed E-state index contributed by atoms with van der Waals surface area (Å²) in [4.78, 5) is 12.3. The van der Waals surface area contributed by atoms with Gasteiger partial charge in [-0.25, -0.2) is 4.39 Å². The van der Waals surface area contributed by atoms with Crippen LogP contribution < -0.4 is 15.8 Å². The lowest BCUT2D eigenvalue weighted by atomic mass is 10.1. The van der Waals surface area contributed by atoms with E-state index in [2.05, 4.69) is 5.32 Å². The topological polar surface area (TPSA) is 64.3 Å². The van der Waals surface area contributed by atoms with Crippen LogP contribution >= 0.6 is 12.2 Å². The van der Waals surface area contributed by atoms with E-state index in [1.165, 1.54) is 25.3 Å². The summed E-state index contributed by atoms with van der Waals surface area (Å²) >= 11 is 4.95. The fraction of sp³-hybridized carbons (Fsp3) is 0.0667. The van der Waals surface area contributed by atoms with Crippen LogP contribution in [0.4, 0.5) is 10.1 Å². The van der Waals surface area contributed by atoms with E-state index >= 15 is 0 Å². The van der Waals surface area contributed by atoms with Crippen LogP contribution in [0.1, 0.15) is 15.9 Å². The molecule has 2 aromatic rings. The first-order valence-corrected chi connectivity index (χ1v) is 6.48. The van der Waals surface area contributed by atoms with Gasteiger partial charge in [0.2, 0.25) is 0 Å². The highest BCUT2D eigenvalue weighted by Crippen LogP contribution is 2.29. The third-order valence-corrected chi connectivity index (χ3v) is 3.09. The first-order chi connectivity index (χ1) is 10.0. The number of anilines is 1. The van der Waals surface area contributed by atoms with E-state index in [-0.39, 0.29) is 10.6 Å². The minimum Gasteiger partial charge on any atom is -0.495 e. The van der Waals surface area contributed by atoms with Gasteiger partial charge >= 0.3 is 0 Å². The maximum absolute atomic E-state index is 13.6. The van der Waals surface area contributed by atoms with Crippen molar-refractivity contribution in [1.29, 1.82) is 0 Å². The number of carbonyl (C=O) groups is 1. The molecule has 0 atom stereocenters. The Morgan fingerprint density at radius 2 is 1.86 bits per heavy atom. The second kappa shape index (κ2) is 6.32. The van der Waals surface area contributed by atoms with Gasteiger partial charge < -0.3 is 15.8 Å². The van der Waals surface area contributed by atoms with E-state index in [0.29, 0.717) is 17.0 Å². The summed E-state index contributed by atoms with van der Waals surface area (Å²) < 4.78 is 18.8. The zero-order valence-corrected chi connectivity index (χ0v) is 12.0. The average Bonchev–Trinajstić information content (AvgIpc) is 2.47. The monoisotopic (exact) mass is 304 g/mol. The molecule has 0 aliphatic heterocycles. The number of amides is 1. The molecule has 21 heavy (non-hydrogen) atoms. The highest BCUT2D eigenvalue weighted by Gasteiger charge is 2.17. The van der Waals surface area contributed by atoms with E-state index in [1.54, 1.807) is 24.3 Å². The van der Waals surface area contributed by atoms with Crippen molar-refractivity contribution in [2.45, 2.75) is 0 Å². The summed E-state index contributed by atoms with van der Waals surface area (Å²) in [5.41, 5.74) is 6.33. The van der Waals surface area contributed by atoms with Crippen molar-refractivity contribution in [3.8, 4) is 5.75 Å². The lowest BCUT2D eigenvalue weighted by Crippen LogP contribution is -2.19. The molecule has 3 N–H and O–H groups in total. The van der Waals surface area contributed by atoms with E-state index in [0.717, 1.165) is 0 Å². The molecule has 0 saturated heterocycles. The van der Waals surface area contributed by atoms with E-state index in [4.69, 9.17) is 22.7 Å². The zero-order valence-electron chi connectivity index (χ0n) is 11.2. The molecule has 0 aromatic heterocycles. The molecule has 0 bridgehead atoms. The molecule has 0 aliphatic rings. The Balaban J connectivity index is 2.41. The van der Waals surface area contributed by atoms with Gasteiger partial charge in [0, 0.05) is 5.56 Å². The molecule has 0 fully saturated rings. The van der Waals surface area contributed by atoms with Gasteiger partial charge in [0.1, 0.15) is 16.6 Å². The van der Waals surface area contributed by atoms with Crippen LogP contribution in [0, 0.1) is 5.82 Å². The van der Waals surface area contributed by atoms with E-state index in [1.807, 2.05) is 0 Å². The third-order valence-electron chi connectivity index (χ3n) is 2.87. The predicted octanol–water partition coefficient (Wildman–Crippen LogP) is 2.72. The summed E-state index contributed by atoms with van der Waals surface area (Å²) in [5.74, 6) is -0.818. The fourth-order valence-corrected chi connectivity index (χ4v) is 2.03. The number of nitrogens with one attached hydrogen (secondary N) is 1. The molecule has 0 heterocycles. The van der Waals surface area contributed by atoms with Gasteiger partial charge in [0.05, 0.1) is 18.4 Å². The summed E-state index contributed by atoms with van der Waals surface area (Å²) in [7, 11) is 1.46. The quantitative estimate of drug-likeness (QED) is 0.853. The Kier molecular flexibility index (Phi) is 4.49. The van der Waals surface area contributed by atoms with Crippen LogP contribution in [0.5, 0.6) is 5.75 Å². The van der Waals surface area contributed by atoms with Gasteiger partial charge in [-0.2, -0.15) is 0 Å².